The van der Waals surface area contributed by atoms with Crippen LogP contribution in [0.25, 0.3) is 6.08 Å². The number of carbonyl (C=O) groups is 1. The van der Waals surface area contributed by atoms with E-state index < -0.39 is 10.9 Å². The lowest BCUT2D eigenvalue weighted by molar-refractivity contribution is -0.384. The molecule has 0 N–H and O–H groups in total. The van der Waals surface area contributed by atoms with Gasteiger partial charge in [0, 0.05) is 21.3 Å². The Bertz CT molecular complexity index is 874. The number of ether oxygens (including phenoxy) is 1. The second-order valence-corrected chi connectivity index (χ2v) is 5.94. The third-order valence-corrected chi connectivity index (χ3v) is 3.75. The fourth-order valence-corrected chi connectivity index (χ4v) is 2.61. The average molecular weight is 420 g/mol. The summed E-state index contributed by atoms with van der Waals surface area (Å²) in [5.74, 6) is -0.513. The summed E-state index contributed by atoms with van der Waals surface area (Å²) in [6.07, 6.45) is 1.62. The van der Waals surface area contributed by atoms with Gasteiger partial charge < -0.3 is 4.74 Å². The van der Waals surface area contributed by atoms with Gasteiger partial charge in [-0.2, -0.15) is 0 Å². The molecule has 2 aromatic carbocycles. The molecule has 114 valence electrons. The first-order valence-electron chi connectivity index (χ1n) is 6.56. The number of esters is 1. The van der Waals surface area contributed by atoms with Gasteiger partial charge in [0.1, 0.15) is 0 Å². The number of nitro groups is 1. The maximum Gasteiger partial charge on any atom is 0.363 e. The normalized spacial score (nSPS) is 15.4. The molecule has 1 heterocycles. The van der Waals surface area contributed by atoms with E-state index in [-0.39, 0.29) is 17.3 Å². The molecule has 0 saturated carbocycles. The summed E-state index contributed by atoms with van der Waals surface area (Å²) in [5, 5.41) is 10.8. The van der Waals surface area contributed by atoms with Gasteiger partial charge in [0.15, 0.2) is 5.70 Å². The van der Waals surface area contributed by atoms with Crippen molar-refractivity contribution in [3.05, 3.63) is 79.0 Å². The number of hydrogen-bond donors (Lipinski definition) is 0. The second-order valence-electron chi connectivity index (χ2n) is 4.70. The van der Waals surface area contributed by atoms with Crippen LogP contribution in [-0.4, -0.2) is 16.8 Å². The van der Waals surface area contributed by atoms with Crippen LogP contribution in [0.2, 0.25) is 0 Å². The van der Waals surface area contributed by atoms with Crippen molar-refractivity contribution >= 4 is 46.2 Å². The van der Waals surface area contributed by atoms with E-state index >= 15 is 0 Å². The van der Waals surface area contributed by atoms with E-state index in [4.69, 9.17) is 4.74 Å². The van der Waals surface area contributed by atoms with Crippen molar-refractivity contribution < 1.29 is 14.5 Å². The minimum absolute atomic E-state index is 0.0654. The summed E-state index contributed by atoms with van der Waals surface area (Å²) in [6.45, 7) is 0. The van der Waals surface area contributed by atoms with Crippen LogP contribution in [-0.2, 0) is 9.53 Å². The number of nitro benzene ring substituents is 1. The first-order chi connectivity index (χ1) is 11.0. The Hall–Kier alpha value is -2.55. The molecule has 23 heavy (non-hydrogen) atoms. The van der Waals surface area contributed by atoms with Crippen molar-refractivity contribution in [1.82, 2.24) is 0 Å². The molecule has 7 heteroatoms. The number of cyclic esters (lactones) is 1. The highest BCUT2D eigenvalue weighted by molar-refractivity contribution is 14.1. The Morgan fingerprint density at radius 1 is 1.17 bits per heavy atom. The van der Waals surface area contributed by atoms with Gasteiger partial charge in [0.25, 0.3) is 5.69 Å². The molecule has 0 amide bonds. The predicted octanol–water partition coefficient (Wildman–Crippen LogP) is 3.54. The SMILES string of the molecule is O=C1OC(c2cccc([N+](=O)[O-])c2)=NC1=Cc1cccc(I)c1. The van der Waals surface area contributed by atoms with Crippen molar-refractivity contribution in [2.45, 2.75) is 0 Å². The molecule has 3 rings (SSSR count). The van der Waals surface area contributed by atoms with Crippen molar-refractivity contribution in [2.75, 3.05) is 0 Å². The van der Waals surface area contributed by atoms with E-state index in [1.54, 1.807) is 12.1 Å². The molecule has 0 bridgehead atoms. The van der Waals surface area contributed by atoms with E-state index in [0.717, 1.165) is 9.13 Å². The van der Waals surface area contributed by atoms with E-state index in [1.807, 2.05) is 24.3 Å². The van der Waals surface area contributed by atoms with Crippen molar-refractivity contribution in [3.63, 3.8) is 0 Å². The van der Waals surface area contributed by atoms with Crippen LogP contribution < -0.4 is 0 Å². The van der Waals surface area contributed by atoms with Crippen LogP contribution in [0.4, 0.5) is 5.69 Å². The maximum atomic E-state index is 11.9. The third kappa shape index (κ3) is 3.45. The number of benzene rings is 2. The molecular formula is C16H9IN2O4. The summed E-state index contributed by atoms with van der Waals surface area (Å²) >= 11 is 2.18. The smallest absolute Gasteiger partial charge is 0.363 e. The summed E-state index contributed by atoms with van der Waals surface area (Å²) < 4.78 is 6.15. The van der Waals surface area contributed by atoms with Gasteiger partial charge in [-0.05, 0) is 52.4 Å². The van der Waals surface area contributed by atoms with Crippen LogP contribution >= 0.6 is 22.6 Å². The highest BCUT2D eigenvalue weighted by Gasteiger charge is 2.25. The van der Waals surface area contributed by atoms with Gasteiger partial charge in [-0.15, -0.1) is 0 Å². The van der Waals surface area contributed by atoms with Gasteiger partial charge in [0.05, 0.1) is 4.92 Å². The highest BCUT2D eigenvalue weighted by atomic mass is 127. The predicted molar refractivity (Wildman–Crippen MR) is 92.9 cm³/mol. The molecule has 0 saturated heterocycles. The van der Waals surface area contributed by atoms with E-state index in [9.17, 15) is 14.9 Å². The molecule has 6 nitrogen and oxygen atoms in total. The Morgan fingerprint density at radius 3 is 2.70 bits per heavy atom. The second kappa shape index (κ2) is 6.29. The third-order valence-electron chi connectivity index (χ3n) is 3.08. The summed E-state index contributed by atoms with van der Waals surface area (Å²) in [6, 6.07) is 13.4. The van der Waals surface area contributed by atoms with E-state index in [2.05, 4.69) is 27.6 Å². The topological polar surface area (TPSA) is 81.8 Å². The molecule has 0 unspecified atom stereocenters. The zero-order chi connectivity index (χ0) is 16.4. The van der Waals surface area contributed by atoms with Crippen LogP contribution in [0, 0.1) is 13.7 Å². The van der Waals surface area contributed by atoms with Gasteiger partial charge >= 0.3 is 5.97 Å². The van der Waals surface area contributed by atoms with E-state index in [0.29, 0.717) is 5.56 Å². The first-order valence-corrected chi connectivity index (χ1v) is 7.64. The lowest BCUT2D eigenvalue weighted by Crippen LogP contribution is -2.05. The molecular weight excluding hydrogens is 411 g/mol. The molecule has 0 spiro atoms. The zero-order valence-electron chi connectivity index (χ0n) is 11.6. The molecule has 1 aliphatic rings. The van der Waals surface area contributed by atoms with Gasteiger partial charge in [-0.25, -0.2) is 9.79 Å². The Kier molecular flexibility index (Phi) is 4.20. The fraction of sp³-hybridized carbons (Fsp3) is 0. The molecule has 0 atom stereocenters. The molecule has 1 aliphatic heterocycles. The lowest BCUT2D eigenvalue weighted by atomic mass is 10.2. The number of non-ortho nitro benzene ring substituents is 1. The standard InChI is InChI=1S/C16H9IN2O4/c17-12-5-1-3-10(7-12)8-14-16(20)23-15(18-14)11-4-2-6-13(9-11)19(21)22/h1-9H. The number of carbonyl (C=O) groups excluding carboxylic acids is 1. The Balaban J connectivity index is 1.95. The van der Waals surface area contributed by atoms with Crippen molar-refractivity contribution in [2.24, 2.45) is 4.99 Å². The average Bonchev–Trinajstić information content (AvgIpc) is 2.88. The first kappa shape index (κ1) is 15.3. The van der Waals surface area contributed by atoms with Gasteiger partial charge in [-0.3, -0.25) is 10.1 Å². The van der Waals surface area contributed by atoms with Gasteiger partial charge in [0.2, 0.25) is 5.90 Å². The fourth-order valence-electron chi connectivity index (χ4n) is 2.04. The quantitative estimate of drug-likeness (QED) is 0.250. The minimum atomic E-state index is -0.578. The van der Waals surface area contributed by atoms with Crippen molar-refractivity contribution in [1.29, 1.82) is 0 Å². The number of nitrogens with zero attached hydrogens (tertiary/aromatic N) is 2. The van der Waals surface area contributed by atoms with Crippen LogP contribution in [0.5, 0.6) is 0 Å². The van der Waals surface area contributed by atoms with Gasteiger partial charge in [-0.1, -0.05) is 18.2 Å². The minimum Gasteiger partial charge on any atom is -0.402 e. The maximum absolute atomic E-state index is 11.9. The number of rotatable bonds is 3. The summed E-state index contributed by atoms with van der Waals surface area (Å²) in [5.41, 5.74) is 1.29. The molecule has 0 fully saturated rings. The Labute approximate surface area is 144 Å². The molecule has 0 radical (unpaired) electrons. The summed E-state index contributed by atoms with van der Waals surface area (Å²) in [7, 11) is 0. The van der Waals surface area contributed by atoms with Crippen LogP contribution in [0.1, 0.15) is 11.1 Å². The highest BCUT2D eigenvalue weighted by Crippen LogP contribution is 2.22. The molecule has 2 aromatic rings. The number of hydrogen-bond acceptors (Lipinski definition) is 5. The zero-order valence-corrected chi connectivity index (χ0v) is 13.8. The molecule has 0 aromatic heterocycles. The van der Waals surface area contributed by atoms with Crippen LogP contribution in [0.3, 0.4) is 0 Å². The van der Waals surface area contributed by atoms with Crippen LogP contribution in [0.15, 0.2) is 59.2 Å². The van der Waals surface area contributed by atoms with Crippen molar-refractivity contribution in [3.8, 4) is 0 Å². The summed E-state index contributed by atoms with van der Waals surface area (Å²) in [4.78, 5) is 26.4. The Morgan fingerprint density at radius 2 is 1.96 bits per heavy atom. The number of aliphatic imine (C=N–C) groups is 1. The lowest BCUT2D eigenvalue weighted by Gasteiger charge is -1.98. The number of halogens is 1. The van der Waals surface area contributed by atoms with E-state index in [1.165, 1.54) is 18.2 Å². The molecule has 0 aliphatic carbocycles. The monoisotopic (exact) mass is 420 g/mol. The largest absolute Gasteiger partial charge is 0.402 e.